The largest absolute Gasteiger partial charge is 0.478 e. The van der Waals surface area contributed by atoms with E-state index < -0.39 is 21.6 Å². The van der Waals surface area contributed by atoms with E-state index in [0.29, 0.717) is 47.5 Å². The van der Waals surface area contributed by atoms with E-state index in [1.807, 2.05) is 6.07 Å². The number of benzene rings is 2. The van der Waals surface area contributed by atoms with Crippen molar-refractivity contribution in [1.82, 2.24) is 4.31 Å². The van der Waals surface area contributed by atoms with E-state index in [1.54, 1.807) is 19.1 Å². The molecule has 0 atom stereocenters. The molecule has 2 aromatic carbocycles. The molecule has 1 N–H and O–H groups in total. The molecule has 0 aliphatic carbocycles. The summed E-state index contributed by atoms with van der Waals surface area (Å²) in [4.78, 5) is 13.5. The van der Waals surface area contributed by atoms with Crippen molar-refractivity contribution in [3.8, 4) is 5.75 Å². The molecule has 1 saturated heterocycles. The summed E-state index contributed by atoms with van der Waals surface area (Å²) in [5, 5.41) is 10.2. The lowest BCUT2D eigenvalue weighted by atomic mass is 10.1. The van der Waals surface area contributed by atoms with Gasteiger partial charge in [0, 0.05) is 31.9 Å². The maximum Gasteiger partial charge on any atom is 0.347 e. The highest BCUT2D eigenvalue weighted by atomic mass is 35.5. The van der Waals surface area contributed by atoms with Crippen molar-refractivity contribution in [2.24, 2.45) is 0 Å². The van der Waals surface area contributed by atoms with Crippen LogP contribution in [0.2, 0.25) is 10.0 Å². The Kier molecular flexibility index (Phi) is 6.76. The molecule has 0 unspecified atom stereocenters. The molecule has 0 radical (unpaired) electrons. The molecule has 0 saturated carbocycles. The molecule has 1 aliphatic rings. The number of hydrogen-bond donors (Lipinski definition) is 1. The number of halogens is 2. The van der Waals surface area contributed by atoms with Crippen LogP contribution in [0.4, 0.5) is 5.69 Å². The zero-order valence-electron chi connectivity index (χ0n) is 17.4. The van der Waals surface area contributed by atoms with Crippen LogP contribution in [0.1, 0.15) is 19.4 Å². The quantitative estimate of drug-likeness (QED) is 0.662. The van der Waals surface area contributed by atoms with E-state index in [-0.39, 0.29) is 4.90 Å². The Balaban J connectivity index is 1.73. The third kappa shape index (κ3) is 5.09. The zero-order chi connectivity index (χ0) is 23.0. The summed E-state index contributed by atoms with van der Waals surface area (Å²) in [7, 11) is -3.69. The number of hydrogen-bond acceptors (Lipinski definition) is 5. The predicted octanol–water partition coefficient (Wildman–Crippen LogP) is 4.05. The van der Waals surface area contributed by atoms with Gasteiger partial charge in [-0.05, 0) is 62.7 Å². The SMILES string of the molecule is Cc1cc(S(=O)(=O)N2CCN(c3ccc(Cl)c(Cl)c3)CC2)ccc1OC(C)(C)C(=O)O. The van der Waals surface area contributed by atoms with Crippen molar-refractivity contribution in [1.29, 1.82) is 0 Å². The smallest absolute Gasteiger partial charge is 0.347 e. The van der Waals surface area contributed by atoms with E-state index in [1.165, 1.54) is 36.4 Å². The molecular formula is C21H24Cl2N2O5S. The number of sulfonamides is 1. The van der Waals surface area contributed by atoms with Gasteiger partial charge in [-0.3, -0.25) is 0 Å². The van der Waals surface area contributed by atoms with Crippen molar-refractivity contribution in [3.63, 3.8) is 0 Å². The number of anilines is 1. The molecule has 3 rings (SSSR count). The minimum absolute atomic E-state index is 0.147. The second-order valence-electron chi connectivity index (χ2n) is 7.83. The van der Waals surface area contributed by atoms with E-state index in [0.717, 1.165) is 5.69 Å². The number of rotatable bonds is 6. The molecule has 1 fully saturated rings. The molecule has 0 amide bonds. The summed E-state index contributed by atoms with van der Waals surface area (Å²) >= 11 is 12.1. The van der Waals surface area contributed by atoms with Crippen LogP contribution in [0.15, 0.2) is 41.3 Å². The summed E-state index contributed by atoms with van der Waals surface area (Å²) in [5.74, 6) is -0.778. The summed E-state index contributed by atoms with van der Waals surface area (Å²) in [6.45, 7) is 6.25. The molecule has 1 aliphatic heterocycles. The topological polar surface area (TPSA) is 87.2 Å². The maximum absolute atomic E-state index is 13.1. The van der Waals surface area contributed by atoms with Crippen molar-refractivity contribution in [2.45, 2.75) is 31.3 Å². The van der Waals surface area contributed by atoms with Gasteiger partial charge < -0.3 is 14.7 Å². The lowest BCUT2D eigenvalue weighted by Crippen LogP contribution is -2.48. The van der Waals surface area contributed by atoms with Crippen LogP contribution in [-0.2, 0) is 14.8 Å². The number of nitrogens with zero attached hydrogens (tertiary/aromatic N) is 2. The standard InChI is InChI=1S/C21H24Cl2N2O5S/c1-14-12-16(5-7-19(14)30-21(2,3)20(26)27)31(28,29)25-10-8-24(9-11-25)15-4-6-17(22)18(23)13-15/h4-7,12-13H,8-11H2,1-3H3,(H,26,27). The van der Waals surface area contributed by atoms with Crippen molar-refractivity contribution in [2.75, 3.05) is 31.1 Å². The van der Waals surface area contributed by atoms with Crippen molar-refractivity contribution in [3.05, 3.63) is 52.0 Å². The second-order valence-corrected chi connectivity index (χ2v) is 10.6. The second kappa shape index (κ2) is 8.86. The fourth-order valence-electron chi connectivity index (χ4n) is 3.23. The van der Waals surface area contributed by atoms with Crippen LogP contribution in [0.25, 0.3) is 0 Å². The van der Waals surface area contributed by atoms with Crippen LogP contribution < -0.4 is 9.64 Å². The average molecular weight is 487 g/mol. The Morgan fingerprint density at radius 3 is 2.23 bits per heavy atom. The molecule has 2 aromatic rings. The first-order valence-electron chi connectivity index (χ1n) is 9.65. The molecule has 1 heterocycles. The summed E-state index contributed by atoms with van der Waals surface area (Å²) in [6.07, 6.45) is 0. The number of ether oxygens (including phenoxy) is 1. The van der Waals surface area contributed by atoms with Gasteiger partial charge in [0.15, 0.2) is 5.60 Å². The van der Waals surface area contributed by atoms with Gasteiger partial charge in [-0.15, -0.1) is 0 Å². The fraction of sp³-hybridized carbons (Fsp3) is 0.381. The van der Waals surface area contributed by atoms with Gasteiger partial charge in [-0.2, -0.15) is 4.31 Å². The Hall–Kier alpha value is -2.00. The monoisotopic (exact) mass is 486 g/mol. The average Bonchev–Trinajstić information content (AvgIpc) is 2.71. The highest BCUT2D eigenvalue weighted by Crippen LogP contribution is 2.30. The third-order valence-electron chi connectivity index (χ3n) is 5.17. The van der Waals surface area contributed by atoms with Crippen molar-refractivity contribution < 1.29 is 23.1 Å². The van der Waals surface area contributed by atoms with E-state index in [2.05, 4.69) is 4.90 Å². The normalized spacial score (nSPS) is 15.7. The van der Waals surface area contributed by atoms with Crippen LogP contribution >= 0.6 is 23.2 Å². The van der Waals surface area contributed by atoms with Gasteiger partial charge in [-0.25, -0.2) is 13.2 Å². The zero-order valence-corrected chi connectivity index (χ0v) is 19.8. The molecule has 0 spiro atoms. The Morgan fingerprint density at radius 2 is 1.68 bits per heavy atom. The highest BCUT2D eigenvalue weighted by molar-refractivity contribution is 7.89. The molecular weight excluding hydrogens is 463 g/mol. The van der Waals surface area contributed by atoms with Crippen LogP contribution in [0.5, 0.6) is 5.75 Å². The molecule has 0 bridgehead atoms. The van der Waals surface area contributed by atoms with Gasteiger partial charge in [0.05, 0.1) is 14.9 Å². The maximum atomic E-state index is 13.1. The Bertz CT molecular complexity index is 1100. The lowest BCUT2D eigenvalue weighted by Gasteiger charge is -2.35. The molecule has 0 aromatic heterocycles. The predicted molar refractivity (Wildman–Crippen MR) is 121 cm³/mol. The number of aliphatic carboxylic acids is 1. The minimum Gasteiger partial charge on any atom is -0.478 e. The van der Waals surface area contributed by atoms with Gasteiger partial charge in [-0.1, -0.05) is 23.2 Å². The number of carbonyl (C=O) groups is 1. The summed E-state index contributed by atoms with van der Waals surface area (Å²) in [6, 6.07) is 9.81. The first kappa shape index (κ1) is 23.7. The van der Waals surface area contributed by atoms with E-state index >= 15 is 0 Å². The molecule has 7 nitrogen and oxygen atoms in total. The Labute approximate surface area is 192 Å². The first-order chi connectivity index (χ1) is 14.4. The molecule has 10 heteroatoms. The van der Waals surface area contributed by atoms with Crippen LogP contribution in [0, 0.1) is 6.92 Å². The highest BCUT2D eigenvalue weighted by Gasteiger charge is 2.32. The van der Waals surface area contributed by atoms with Crippen LogP contribution in [-0.4, -0.2) is 55.6 Å². The third-order valence-corrected chi connectivity index (χ3v) is 7.80. The molecule has 31 heavy (non-hydrogen) atoms. The van der Waals surface area contributed by atoms with Gasteiger partial charge in [0.1, 0.15) is 5.75 Å². The summed E-state index contributed by atoms with van der Waals surface area (Å²) in [5.41, 5.74) is 0.0150. The van der Waals surface area contributed by atoms with Gasteiger partial charge in [0.25, 0.3) is 0 Å². The van der Waals surface area contributed by atoms with Gasteiger partial charge >= 0.3 is 5.97 Å². The van der Waals surface area contributed by atoms with Crippen LogP contribution in [0.3, 0.4) is 0 Å². The number of carboxylic acids is 1. The fourth-order valence-corrected chi connectivity index (χ4v) is 5.03. The first-order valence-corrected chi connectivity index (χ1v) is 11.8. The van der Waals surface area contributed by atoms with E-state index in [4.69, 9.17) is 27.9 Å². The Morgan fingerprint density at radius 1 is 1.03 bits per heavy atom. The number of aryl methyl sites for hydroxylation is 1. The number of piperazine rings is 1. The van der Waals surface area contributed by atoms with Crippen molar-refractivity contribution >= 4 is 44.9 Å². The van der Waals surface area contributed by atoms with E-state index in [9.17, 15) is 18.3 Å². The van der Waals surface area contributed by atoms with Gasteiger partial charge in [0.2, 0.25) is 10.0 Å². The lowest BCUT2D eigenvalue weighted by molar-refractivity contribution is -0.152. The molecule has 168 valence electrons. The summed E-state index contributed by atoms with van der Waals surface area (Å²) < 4.78 is 33.2. The number of carboxylic acid groups (broad SMARTS) is 1. The minimum atomic E-state index is -3.69.